The Balaban J connectivity index is 0.000000561. The van der Waals surface area contributed by atoms with Gasteiger partial charge in [-0.05, 0) is 19.4 Å². The Morgan fingerprint density at radius 3 is 2.42 bits per heavy atom. The zero-order chi connectivity index (χ0) is 9.56. The molecule has 0 radical (unpaired) electrons. The number of carbonyl (C=O) groups is 1. The summed E-state index contributed by atoms with van der Waals surface area (Å²) in [4.78, 5) is 10.0. The highest BCUT2D eigenvalue weighted by atomic mass is 16.3. The first-order chi connectivity index (χ1) is 5.74. The Morgan fingerprint density at radius 1 is 1.58 bits per heavy atom. The average molecular weight is 174 g/mol. The van der Waals surface area contributed by atoms with Gasteiger partial charge in [0.1, 0.15) is 12.4 Å². The molecule has 2 unspecified atom stereocenters. The van der Waals surface area contributed by atoms with Crippen LogP contribution in [0.4, 0.5) is 0 Å². The lowest BCUT2D eigenvalue weighted by molar-refractivity contribution is -0.115. The zero-order valence-corrected chi connectivity index (χ0v) is 7.44. The summed E-state index contributed by atoms with van der Waals surface area (Å²) in [5, 5.41) is 8.91. The van der Waals surface area contributed by atoms with Crippen molar-refractivity contribution < 1.29 is 9.90 Å². The molecule has 0 aromatic carbocycles. The van der Waals surface area contributed by atoms with Crippen LogP contribution >= 0.6 is 0 Å². The van der Waals surface area contributed by atoms with Crippen LogP contribution in [-0.2, 0) is 4.79 Å². The van der Waals surface area contributed by atoms with E-state index in [1.165, 1.54) is 19.9 Å². The molecule has 0 amide bonds. The molecule has 72 valence electrons. The third-order valence-corrected chi connectivity index (χ3v) is 1.88. The van der Waals surface area contributed by atoms with Crippen molar-refractivity contribution in [3.05, 3.63) is 0 Å². The molecule has 1 aliphatic carbocycles. The van der Waals surface area contributed by atoms with Crippen LogP contribution in [0, 0.1) is 5.92 Å². The second kappa shape index (κ2) is 6.11. The van der Waals surface area contributed by atoms with Gasteiger partial charge in [-0.3, -0.25) is 0 Å². The molecule has 1 fully saturated rings. The second-order valence-corrected chi connectivity index (χ2v) is 2.97. The number of rotatable bonds is 4. The smallest absolute Gasteiger partial charge is 0.150 e. The maximum Gasteiger partial charge on any atom is 0.150 e. The van der Waals surface area contributed by atoms with E-state index in [-0.39, 0.29) is 6.04 Å². The first-order valence-electron chi connectivity index (χ1n) is 4.20. The number of aldehydes is 1. The van der Waals surface area contributed by atoms with Crippen molar-refractivity contribution in [1.82, 2.24) is 0 Å². The minimum absolute atomic E-state index is 0.343. The highest BCUT2D eigenvalue weighted by molar-refractivity contribution is 5.56. The Kier molecular flexibility index (Phi) is 5.88. The van der Waals surface area contributed by atoms with Crippen molar-refractivity contribution in [3.63, 3.8) is 0 Å². The molecular weight excluding hydrogens is 156 g/mol. The van der Waals surface area contributed by atoms with Crippen molar-refractivity contribution >= 4 is 6.29 Å². The molecule has 4 heteroatoms. The van der Waals surface area contributed by atoms with E-state index in [1.54, 1.807) is 0 Å². The number of hydrogen-bond acceptors (Lipinski definition) is 4. The highest BCUT2D eigenvalue weighted by Gasteiger charge is 2.26. The van der Waals surface area contributed by atoms with E-state index < -0.39 is 6.10 Å². The molecule has 0 aliphatic heterocycles. The van der Waals surface area contributed by atoms with Crippen LogP contribution in [0.3, 0.4) is 0 Å². The molecule has 4 nitrogen and oxygen atoms in total. The molecule has 0 aromatic rings. The third-order valence-electron chi connectivity index (χ3n) is 1.88. The maximum absolute atomic E-state index is 10.0. The van der Waals surface area contributed by atoms with Gasteiger partial charge in [0.25, 0.3) is 0 Å². The molecule has 1 rings (SSSR count). The van der Waals surface area contributed by atoms with Gasteiger partial charge in [0, 0.05) is 6.04 Å². The zero-order valence-electron chi connectivity index (χ0n) is 7.44. The summed E-state index contributed by atoms with van der Waals surface area (Å²) < 4.78 is 0. The number of carbonyl (C=O) groups excluding carboxylic acids is 1. The van der Waals surface area contributed by atoms with Gasteiger partial charge < -0.3 is 21.4 Å². The Morgan fingerprint density at radius 2 is 2.08 bits per heavy atom. The summed E-state index contributed by atoms with van der Waals surface area (Å²) >= 11 is 0. The number of aliphatic hydroxyl groups is 1. The number of aliphatic hydroxyl groups excluding tert-OH is 1. The van der Waals surface area contributed by atoms with Crippen molar-refractivity contribution in [2.45, 2.75) is 31.4 Å². The fourth-order valence-electron chi connectivity index (χ4n) is 0.979. The van der Waals surface area contributed by atoms with Crippen LogP contribution in [0.15, 0.2) is 0 Å². The minimum Gasteiger partial charge on any atom is -0.384 e. The lowest BCUT2D eigenvalue weighted by Crippen LogP contribution is -2.35. The van der Waals surface area contributed by atoms with Gasteiger partial charge in [0.2, 0.25) is 0 Å². The van der Waals surface area contributed by atoms with Crippen molar-refractivity contribution in [1.29, 1.82) is 0 Å². The summed E-state index contributed by atoms with van der Waals surface area (Å²) in [7, 11) is 1.50. The maximum atomic E-state index is 10.0. The van der Waals surface area contributed by atoms with E-state index in [9.17, 15) is 4.79 Å². The molecule has 1 aliphatic rings. The molecule has 0 bridgehead atoms. The Hall–Kier alpha value is -0.450. The van der Waals surface area contributed by atoms with Crippen molar-refractivity contribution in [2.24, 2.45) is 17.4 Å². The van der Waals surface area contributed by atoms with E-state index in [0.717, 1.165) is 6.42 Å². The van der Waals surface area contributed by atoms with Gasteiger partial charge in [-0.25, -0.2) is 0 Å². The quantitative estimate of drug-likeness (QED) is 0.489. The van der Waals surface area contributed by atoms with Crippen molar-refractivity contribution in [3.8, 4) is 0 Å². The van der Waals surface area contributed by atoms with Crippen LogP contribution < -0.4 is 11.5 Å². The predicted molar refractivity (Wildman–Crippen MR) is 47.5 cm³/mol. The first kappa shape index (κ1) is 11.6. The molecule has 0 heterocycles. The van der Waals surface area contributed by atoms with Gasteiger partial charge in [-0.15, -0.1) is 0 Å². The average Bonchev–Trinajstić information content (AvgIpc) is 2.90. The molecule has 1 saturated carbocycles. The summed E-state index contributed by atoms with van der Waals surface area (Å²) in [5.74, 6) is 0.671. The highest BCUT2D eigenvalue weighted by Crippen LogP contribution is 2.33. The van der Waals surface area contributed by atoms with E-state index in [0.29, 0.717) is 12.2 Å². The topological polar surface area (TPSA) is 89.3 Å². The number of hydrogen-bond donors (Lipinski definition) is 3. The third kappa shape index (κ3) is 4.43. The molecular formula is C8H18N2O2. The van der Waals surface area contributed by atoms with E-state index in [4.69, 9.17) is 10.8 Å². The van der Waals surface area contributed by atoms with Crippen molar-refractivity contribution in [2.75, 3.05) is 7.05 Å². The summed E-state index contributed by atoms with van der Waals surface area (Å²) in [5.41, 5.74) is 9.99. The van der Waals surface area contributed by atoms with Gasteiger partial charge in [0.15, 0.2) is 0 Å². The molecule has 12 heavy (non-hydrogen) atoms. The van der Waals surface area contributed by atoms with Gasteiger partial charge in [0.05, 0.1) is 0 Å². The van der Waals surface area contributed by atoms with Gasteiger partial charge >= 0.3 is 0 Å². The molecule has 2 atom stereocenters. The lowest BCUT2D eigenvalue weighted by atomic mass is 10.1. The largest absolute Gasteiger partial charge is 0.384 e. The van der Waals surface area contributed by atoms with Crippen LogP contribution in [0.5, 0.6) is 0 Å². The van der Waals surface area contributed by atoms with E-state index in [2.05, 4.69) is 5.73 Å². The van der Waals surface area contributed by atoms with E-state index in [1.807, 2.05) is 0 Å². The first-order valence-corrected chi connectivity index (χ1v) is 4.20. The summed E-state index contributed by atoms with van der Waals surface area (Å²) in [6.07, 6.45) is 2.76. The molecule has 0 saturated heterocycles. The molecule has 0 aromatic heterocycles. The number of nitrogens with two attached hydrogens (primary N) is 2. The fraction of sp³-hybridized carbons (Fsp3) is 0.875. The fourth-order valence-corrected chi connectivity index (χ4v) is 0.979. The summed E-state index contributed by atoms with van der Waals surface area (Å²) in [6.45, 7) is 0. The van der Waals surface area contributed by atoms with Crippen LogP contribution in [0.2, 0.25) is 0 Å². The SMILES string of the molecule is CN.NC(CC1CC1)C(O)C=O. The standard InChI is InChI=1S/C7H13NO2.CH5N/c8-6(7(10)4-9)3-5-1-2-5;1-2/h4-7,10H,1-3,8H2;2H2,1H3. The monoisotopic (exact) mass is 174 g/mol. The molecule has 0 spiro atoms. The Labute approximate surface area is 72.9 Å². The summed E-state index contributed by atoms with van der Waals surface area (Å²) in [6, 6.07) is -0.343. The lowest BCUT2D eigenvalue weighted by Gasteiger charge is -2.11. The predicted octanol–water partition coefficient (Wildman–Crippen LogP) is -0.752. The van der Waals surface area contributed by atoms with Crippen LogP contribution in [0.25, 0.3) is 0 Å². The van der Waals surface area contributed by atoms with Gasteiger partial charge in [-0.2, -0.15) is 0 Å². The Bertz CT molecular complexity index is 126. The van der Waals surface area contributed by atoms with E-state index >= 15 is 0 Å². The molecule has 5 N–H and O–H groups in total. The van der Waals surface area contributed by atoms with Crippen LogP contribution in [0.1, 0.15) is 19.3 Å². The normalized spacial score (nSPS) is 20.3. The van der Waals surface area contributed by atoms with Crippen LogP contribution in [-0.4, -0.2) is 30.6 Å². The minimum atomic E-state index is -0.958. The second-order valence-electron chi connectivity index (χ2n) is 2.97. The van der Waals surface area contributed by atoms with Gasteiger partial charge in [-0.1, -0.05) is 12.8 Å².